The van der Waals surface area contributed by atoms with Gasteiger partial charge in [-0.2, -0.15) is 11.3 Å². The molecule has 1 aromatic heterocycles. The first-order chi connectivity index (χ1) is 9.78. The lowest BCUT2D eigenvalue weighted by molar-refractivity contribution is -0.139. The summed E-state index contributed by atoms with van der Waals surface area (Å²) in [6.45, 7) is 1.43. The molecule has 0 aliphatic heterocycles. The van der Waals surface area contributed by atoms with Gasteiger partial charge in [0, 0.05) is 6.54 Å². The van der Waals surface area contributed by atoms with Crippen molar-refractivity contribution in [2.45, 2.75) is 13.2 Å². The van der Waals surface area contributed by atoms with Crippen LogP contribution < -0.4 is 10.1 Å². The molecule has 0 aliphatic rings. The molecule has 1 aromatic carbocycles. The second-order valence-electron chi connectivity index (χ2n) is 4.24. The Bertz CT molecular complexity index is 523. The van der Waals surface area contributed by atoms with Crippen LogP contribution in [-0.2, 0) is 22.7 Å². The number of methoxy groups -OCH3 is 1. The summed E-state index contributed by atoms with van der Waals surface area (Å²) < 4.78 is 10.2. The molecule has 0 bridgehead atoms. The zero-order valence-electron chi connectivity index (χ0n) is 11.3. The summed E-state index contributed by atoms with van der Waals surface area (Å²) in [5.41, 5.74) is 2.27. The number of rotatable bonds is 7. The highest BCUT2D eigenvalue weighted by Gasteiger charge is 2.00. The second-order valence-corrected chi connectivity index (χ2v) is 5.02. The van der Waals surface area contributed by atoms with Gasteiger partial charge in [0.05, 0.1) is 13.7 Å². The van der Waals surface area contributed by atoms with Crippen molar-refractivity contribution in [3.05, 3.63) is 52.2 Å². The molecule has 20 heavy (non-hydrogen) atoms. The molecule has 2 rings (SSSR count). The maximum absolute atomic E-state index is 10.9. The van der Waals surface area contributed by atoms with Gasteiger partial charge in [0.25, 0.3) is 0 Å². The van der Waals surface area contributed by atoms with Gasteiger partial charge in [-0.25, -0.2) is 0 Å². The minimum atomic E-state index is -0.263. The lowest BCUT2D eigenvalue weighted by Crippen LogP contribution is -2.23. The van der Waals surface area contributed by atoms with Gasteiger partial charge in [-0.05, 0) is 40.1 Å². The molecule has 1 heterocycles. The van der Waals surface area contributed by atoms with Crippen molar-refractivity contribution in [1.82, 2.24) is 5.32 Å². The maximum Gasteiger partial charge on any atom is 0.319 e. The standard InChI is InChI=1S/C15H17NO3S/c1-18-15(17)9-16-8-12-2-4-14(5-3-12)19-10-13-6-7-20-11-13/h2-7,11,16H,8-10H2,1H3. The predicted octanol–water partition coefficient (Wildman–Crippen LogP) is 2.59. The fourth-order valence-corrected chi connectivity index (χ4v) is 2.28. The third-order valence-electron chi connectivity index (χ3n) is 2.74. The van der Waals surface area contributed by atoms with Crippen molar-refractivity contribution >= 4 is 17.3 Å². The van der Waals surface area contributed by atoms with E-state index < -0.39 is 0 Å². The Labute approximate surface area is 122 Å². The Morgan fingerprint density at radius 1 is 1.20 bits per heavy atom. The molecule has 0 unspecified atom stereocenters. The number of thiophene rings is 1. The molecular formula is C15H17NO3S. The van der Waals surface area contributed by atoms with E-state index in [9.17, 15) is 4.79 Å². The van der Waals surface area contributed by atoms with Crippen molar-refractivity contribution in [1.29, 1.82) is 0 Å². The predicted molar refractivity (Wildman–Crippen MR) is 78.8 cm³/mol. The van der Waals surface area contributed by atoms with Crippen LogP contribution in [0, 0.1) is 0 Å². The van der Waals surface area contributed by atoms with Crippen molar-refractivity contribution in [2.75, 3.05) is 13.7 Å². The number of nitrogens with one attached hydrogen (secondary N) is 1. The molecule has 5 heteroatoms. The lowest BCUT2D eigenvalue weighted by Gasteiger charge is -2.07. The van der Waals surface area contributed by atoms with Crippen LogP contribution in [0.5, 0.6) is 5.75 Å². The fourth-order valence-electron chi connectivity index (χ4n) is 1.63. The van der Waals surface area contributed by atoms with Gasteiger partial charge in [-0.15, -0.1) is 0 Å². The number of benzene rings is 1. The van der Waals surface area contributed by atoms with E-state index in [1.54, 1.807) is 11.3 Å². The third-order valence-corrected chi connectivity index (χ3v) is 3.47. The van der Waals surface area contributed by atoms with E-state index in [1.165, 1.54) is 12.7 Å². The van der Waals surface area contributed by atoms with E-state index in [1.807, 2.05) is 29.6 Å². The SMILES string of the molecule is COC(=O)CNCc1ccc(OCc2ccsc2)cc1. The van der Waals surface area contributed by atoms with Crippen LogP contribution in [0.4, 0.5) is 0 Å². The zero-order chi connectivity index (χ0) is 14.2. The van der Waals surface area contributed by atoms with Crippen LogP contribution in [0.25, 0.3) is 0 Å². The van der Waals surface area contributed by atoms with E-state index in [-0.39, 0.29) is 12.5 Å². The molecule has 106 valence electrons. The highest BCUT2D eigenvalue weighted by atomic mass is 32.1. The molecule has 0 amide bonds. The molecule has 2 aromatic rings. The van der Waals surface area contributed by atoms with Gasteiger partial charge in [0.15, 0.2) is 0 Å². The van der Waals surface area contributed by atoms with Crippen LogP contribution in [0.2, 0.25) is 0 Å². The molecule has 0 saturated heterocycles. The van der Waals surface area contributed by atoms with Crippen molar-refractivity contribution in [3.8, 4) is 5.75 Å². The molecule has 1 N–H and O–H groups in total. The second kappa shape index (κ2) is 7.67. The molecule has 0 spiro atoms. The summed E-state index contributed by atoms with van der Waals surface area (Å²) in [4.78, 5) is 10.9. The molecule has 0 radical (unpaired) electrons. The number of carbonyl (C=O) groups excluding carboxylic acids is 1. The van der Waals surface area contributed by atoms with Gasteiger partial charge in [0.1, 0.15) is 12.4 Å². The first-order valence-electron chi connectivity index (χ1n) is 6.28. The van der Waals surface area contributed by atoms with E-state index in [4.69, 9.17) is 4.74 Å². The molecule has 0 aliphatic carbocycles. The first-order valence-corrected chi connectivity index (χ1v) is 7.22. The van der Waals surface area contributed by atoms with E-state index in [0.29, 0.717) is 13.2 Å². The van der Waals surface area contributed by atoms with Crippen LogP contribution in [-0.4, -0.2) is 19.6 Å². The highest BCUT2D eigenvalue weighted by Crippen LogP contribution is 2.15. The number of carbonyl (C=O) groups is 1. The summed E-state index contributed by atoms with van der Waals surface area (Å²) in [5, 5.41) is 7.12. The third kappa shape index (κ3) is 4.68. The molecular weight excluding hydrogens is 274 g/mol. The summed E-state index contributed by atoms with van der Waals surface area (Å²) in [6.07, 6.45) is 0. The lowest BCUT2D eigenvalue weighted by atomic mass is 10.2. The summed E-state index contributed by atoms with van der Waals surface area (Å²) >= 11 is 1.66. The van der Waals surface area contributed by atoms with Crippen LogP contribution in [0.1, 0.15) is 11.1 Å². The fraction of sp³-hybridized carbons (Fsp3) is 0.267. The van der Waals surface area contributed by atoms with Crippen molar-refractivity contribution in [2.24, 2.45) is 0 Å². The maximum atomic E-state index is 10.9. The monoisotopic (exact) mass is 291 g/mol. The summed E-state index contributed by atoms with van der Waals surface area (Å²) in [5.74, 6) is 0.577. The minimum Gasteiger partial charge on any atom is -0.489 e. The zero-order valence-corrected chi connectivity index (χ0v) is 12.1. The van der Waals surface area contributed by atoms with Crippen molar-refractivity contribution < 1.29 is 14.3 Å². The summed E-state index contributed by atoms with van der Waals surface area (Å²) in [6, 6.07) is 9.87. The highest BCUT2D eigenvalue weighted by molar-refractivity contribution is 7.07. The summed E-state index contributed by atoms with van der Waals surface area (Å²) in [7, 11) is 1.38. The van der Waals surface area contributed by atoms with Crippen LogP contribution in [0.3, 0.4) is 0 Å². The molecule has 0 atom stereocenters. The number of ether oxygens (including phenoxy) is 2. The van der Waals surface area contributed by atoms with E-state index >= 15 is 0 Å². The number of hydrogen-bond acceptors (Lipinski definition) is 5. The van der Waals surface area contributed by atoms with E-state index in [0.717, 1.165) is 11.3 Å². The largest absolute Gasteiger partial charge is 0.489 e. The van der Waals surface area contributed by atoms with E-state index in [2.05, 4.69) is 21.5 Å². The quantitative estimate of drug-likeness (QED) is 0.797. The average molecular weight is 291 g/mol. The topological polar surface area (TPSA) is 47.6 Å². The van der Waals surface area contributed by atoms with Gasteiger partial charge in [-0.3, -0.25) is 4.79 Å². The Hall–Kier alpha value is -1.85. The van der Waals surface area contributed by atoms with Gasteiger partial charge in [0.2, 0.25) is 0 Å². The smallest absolute Gasteiger partial charge is 0.319 e. The van der Waals surface area contributed by atoms with Crippen LogP contribution in [0.15, 0.2) is 41.1 Å². The normalized spacial score (nSPS) is 10.2. The average Bonchev–Trinajstić information content (AvgIpc) is 2.99. The van der Waals surface area contributed by atoms with Crippen molar-refractivity contribution in [3.63, 3.8) is 0 Å². The van der Waals surface area contributed by atoms with Gasteiger partial charge < -0.3 is 14.8 Å². The van der Waals surface area contributed by atoms with Gasteiger partial charge >= 0.3 is 5.97 Å². The molecule has 0 fully saturated rings. The number of hydrogen-bond donors (Lipinski definition) is 1. The Kier molecular flexibility index (Phi) is 5.58. The van der Waals surface area contributed by atoms with Gasteiger partial charge in [-0.1, -0.05) is 12.1 Å². The first kappa shape index (κ1) is 14.6. The van der Waals surface area contributed by atoms with Crippen LogP contribution >= 0.6 is 11.3 Å². The minimum absolute atomic E-state index is 0.215. The Morgan fingerprint density at radius 3 is 2.65 bits per heavy atom. The Balaban J connectivity index is 1.76. The number of esters is 1. The Morgan fingerprint density at radius 2 is 2.00 bits per heavy atom. The molecule has 4 nitrogen and oxygen atoms in total. The molecule has 0 saturated carbocycles.